The molecule has 1 amide bonds. The molecule has 1 rings (SSSR count). The van der Waals surface area contributed by atoms with Crippen molar-refractivity contribution >= 4 is 5.91 Å². The molecule has 0 bridgehead atoms. The van der Waals surface area contributed by atoms with Gasteiger partial charge in [0.1, 0.15) is 0 Å². The van der Waals surface area contributed by atoms with Crippen LogP contribution in [-0.2, 0) is 4.79 Å². The number of aliphatic hydroxyl groups excluding tert-OH is 1. The first-order valence-electron chi connectivity index (χ1n) is 2.92. The number of carbonyl (C=O) groups excluding carboxylic acids is 1. The zero-order chi connectivity index (χ0) is 6.85. The van der Waals surface area contributed by atoms with Crippen LogP contribution in [0.4, 0.5) is 0 Å². The van der Waals surface area contributed by atoms with E-state index in [0.29, 0.717) is 6.42 Å². The first-order chi connectivity index (χ1) is 4.20. The quantitative estimate of drug-likeness (QED) is 0.416. The number of hydrogen-bond donors (Lipinski definition) is 3. The molecule has 0 aromatic rings. The first-order valence-corrected chi connectivity index (χ1v) is 2.92. The number of rotatable bonds is 1. The van der Waals surface area contributed by atoms with Crippen LogP contribution in [0.3, 0.4) is 0 Å². The van der Waals surface area contributed by atoms with Crippen LogP contribution in [0.2, 0.25) is 0 Å². The highest BCUT2D eigenvalue weighted by molar-refractivity contribution is 5.78. The Balaban J connectivity index is 2.39. The van der Waals surface area contributed by atoms with Crippen molar-refractivity contribution in [2.45, 2.75) is 25.5 Å². The summed E-state index contributed by atoms with van der Waals surface area (Å²) in [5.74, 6) is -0.0547. The Morgan fingerprint density at radius 1 is 1.89 bits per heavy atom. The molecule has 1 aliphatic rings. The van der Waals surface area contributed by atoms with Crippen molar-refractivity contribution in [2.24, 2.45) is 0 Å². The molecule has 0 aromatic heterocycles. The Morgan fingerprint density at radius 2 is 2.56 bits per heavy atom. The molecular weight excluding hydrogens is 120 g/mol. The molecule has 1 aliphatic heterocycles. The summed E-state index contributed by atoms with van der Waals surface area (Å²) in [6.07, 6.45) is -0.0959. The number of hydrazine groups is 1. The van der Waals surface area contributed by atoms with Gasteiger partial charge in [-0.05, 0) is 6.92 Å². The summed E-state index contributed by atoms with van der Waals surface area (Å²) >= 11 is 0. The normalized spacial score (nSPS) is 30.0. The van der Waals surface area contributed by atoms with E-state index < -0.39 is 6.10 Å². The average molecular weight is 130 g/mol. The minimum atomic E-state index is -0.469. The number of nitrogens with one attached hydrogen (secondary N) is 2. The smallest absolute Gasteiger partial charge is 0.235 e. The Labute approximate surface area is 53.2 Å². The lowest BCUT2D eigenvalue weighted by atomic mass is 10.1. The maximum absolute atomic E-state index is 10.5. The van der Waals surface area contributed by atoms with Gasteiger partial charge in [0.05, 0.1) is 12.1 Å². The van der Waals surface area contributed by atoms with Crippen LogP contribution in [0.1, 0.15) is 13.3 Å². The van der Waals surface area contributed by atoms with Gasteiger partial charge in [0, 0.05) is 6.42 Å². The van der Waals surface area contributed by atoms with E-state index in [1.165, 1.54) is 0 Å². The lowest BCUT2D eigenvalue weighted by Gasteiger charge is -2.09. The van der Waals surface area contributed by atoms with Crippen LogP contribution in [0.15, 0.2) is 0 Å². The fourth-order valence-corrected chi connectivity index (χ4v) is 0.766. The monoisotopic (exact) mass is 130 g/mol. The fourth-order valence-electron chi connectivity index (χ4n) is 0.766. The molecule has 4 nitrogen and oxygen atoms in total. The molecule has 0 saturated carbocycles. The first kappa shape index (κ1) is 6.51. The summed E-state index contributed by atoms with van der Waals surface area (Å²) in [6, 6.07) is -0.113. The predicted molar refractivity (Wildman–Crippen MR) is 31.4 cm³/mol. The summed E-state index contributed by atoms with van der Waals surface area (Å²) in [5.41, 5.74) is 5.06. The lowest BCUT2D eigenvalue weighted by Crippen LogP contribution is -2.37. The molecule has 1 fully saturated rings. The number of amides is 1. The molecule has 0 spiro atoms. The van der Waals surface area contributed by atoms with E-state index >= 15 is 0 Å². The highest BCUT2D eigenvalue weighted by Gasteiger charge is 2.24. The molecule has 3 N–H and O–H groups in total. The molecule has 0 radical (unpaired) electrons. The Kier molecular flexibility index (Phi) is 1.68. The molecule has 0 aromatic carbocycles. The van der Waals surface area contributed by atoms with E-state index in [9.17, 15) is 4.79 Å². The van der Waals surface area contributed by atoms with Gasteiger partial charge in [0.25, 0.3) is 0 Å². The summed E-state index contributed by atoms with van der Waals surface area (Å²) < 4.78 is 0. The van der Waals surface area contributed by atoms with Crippen molar-refractivity contribution in [1.82, 2.24) is 10.9 Å². The van der Waals surface area contributed by atoms with Crippen molar-refractivity contribution in [1.29, 1.82) is 0 Å². The molecule has 0 unspecified atom stereocenters. The molecule has 9 heavy (non-hydrogen) atoms. The lowest BCUT2D eigenvalue weighted by molar-refractivity contribution is -0.119. The molecule has 1 heterocycles. The highest BCUT2D eigenvalue weighted by Crippen LogP contribution is 2.01. The number of carbonyl (C=O) groups is 1. The largest absolute Gasteiger partial charge is 0.392 e. The second kappa shape index (κ2) is 2.33. The van der Waals surface area contributed by atoms with Gasteiger partial charge in [-0.15, -0.1) is 0 Å². The summed E-state index contributed by atoms with van der Waals surface area (Å²) in [6.45, 7) is 1.65. The van der Waals surface area contributed by atoms with E-state index in [1.807, 2.05) is 0 Å². The summed E-state index contributed by atoms with van der Waals surface area (Å²) in [7, 11) is 0. The molecule has 0 aliphatic carbocycles. The number of aliphatic hydroxyl groups is 1. The second-order valence-electron chi connectivity index (χ2n) is 2.24. The van der Waals surface area contributed by atoms with E-state index in [4.69, 9.17) is 5.11 Å². The van der Waals surface area contributed by atoms with Crippen LogP contribution < -0.4 is 10.9 Å². The second-order valence-corrected chi connectivity index (χ2v) is 2.24. The van der Waals surface area contributed by atoms with Crippen molar-refractivity contribution < 1.29 is 9.90 Å². The maximum Gasteiger partial charge on any atom is 0.235 e. The minimum Gasteiger partial charge on any atom is -0.392 e. The Bertz CT molecular complexity index is 124. The predicted octanol–water partition coefficient (Wildman–Crippen LogP) is -1.24. The SMILES string of the molecule is C[C@H](O)[C@H]1CC(=O)NN1. The van der Waals surface area contributed by atoms with Crippen LogP contribution in [0, 0.1) is 0 Å². The topological polar surface area (TPSA) is 61.4 Å². The highest BCUT2D eigenvalue weighted by atomic mass is 16.3. The summed E-state index contributed by atoms with van der Waals surface area (Å²) in [4.78, 5) is 10.5. The van der Waals surface area contributed by atoms with E-state index in [0.717, 1.165) is 0 Å². The minimum absolute atomic E-state index is 0.0547. The van der Waals surface area contributed by atoms with E-state index in [-0.39, 0.29) is 11.9 Å². The number of hydrogen-bond acceptors (Lipinski definition) is 3. The van der Waals surface area contributed by atoms with Gasteiger partial charge in [-0.1, -0.05) is 0 Å². The third kappa shape index (κ3) is 1.40. The van der Waals surface area contributed by atoms with Crippen LogP contribution in [0.25, 0.3) is 0 Å². The van der Waals surface area contributed by atoms with Crippen molar-refractivity contribution in [3.8, 4) is 0 Å². The third-order valence-electron chi connectivity index (χ3n) is 1.38. The maximum atomic E-state index is 10.5. The van der Waals surface area contributed by atoms with Gasteiger partial charge in [0.2, 0.25) is 5.91 Å². The summed E-state index contributed by atoms with van der Waals surface area (Å²) in [5, 5.41) is 8.92. The van der Waals surface area contributed by atoms with Gasteiger partial charge in [-0.3, -0.25) is 10.2 Å². The average Bonchev–Trinajstić information content (AvgIpc) is 2.14. The third-order valence-corrected chi connectivity index (χ3v) is 1.38. The van der Waals surface area contributed by atoms with Gasteiger partial charge >= 0.3 is 0 Å². The van der Waals surface area contributed by atoms with Gasteiger partial charge in [0.15, 0.2) is 0 Å². The zero-order valence-electron chi connectivity index (χ0n) is 5.22. The van der Waals surface area contributed by atoms with Crippen LogP contribution in [-0.4, -0.2) is 23.2 Å². The molecule has 4 heteroatoms. The van der Waals surface area contributed by atoms with Crippen molar-refractivity contribution in [3.63, 3.8) is 0 Å². The van der Waals surface area contributed by atoms with E-state index in [2.05, 4.69) is 10.9 Å². The van der Waals surface area contributed by atoms with Crippen molar-refractivity contribution in [2.75, 3.05) is 0 Å². The van der Waals surface area contributed by atoms with Crippen LogP contribution in [0.5, 0.6) is 0 Å². The zero-order valence-corrected chi connectivity index (χ0v) is 5.22. The Hall–Kier alpha value is -0.610. The van der Waals surface area contributed by atoms with E-state index in [1.54, 1.807) is 6.92 Å². The fraction of sp³-hybridized carbons (Fsp3) is 0.800. The standard InChI is InChI=1S/C5H10N2O2/c1-3(8)4-2-5(9)7-6-4/h3-4,6,8H,2H2,1H3,(H,7,9)/t3-,4+/m0/s1. The van der Waals surface area contributed by atoms with Gasteiger partial charge < -0.3 is 5.11 Å². The molecule has 52 valence electrons. The Morgan fingerprint density at radius 3 is 2.78 bits per heavy atom. The van der Waals surface area contributed by atoms with Crippen molar-refractivity contribution in [3.05, 3.63) is 0 Å². The molecule has 1 saturated heterocycles. The molecular formula is C5H10N2O2. The molecule has 2 atom stereocenters. The van der Waals surface area contributed by atoms with Gasteiger partial charge in [-0.25, -0.2) is 5.43 Å². The van der Waals surface area contributed by atoms with Gasteiger partial charge in [-0.2, -0.15) is 0 Å². The van der Waals surface area contributed by atoms with Crippen LogP contribution >= 0.6 is 0 Å².